The van der Waals surface area contributed by atoms with Crippen LogP contribution in [-0.4, -0.2) is 94.5 Å². The van der Waals surface area contributed by atoms with Gasteiger partial charge in [-0.05, 0) is 57.5 Å². The third-order valence-electron chi connectivity index (χ3n) is 6.39. The van der Waals surface area contributed by atoms with Crippen LogP contribution in [0, 0.1) is 11.8 Å². The Kier molecular flexibility index (Phi) is 29.7. The molecule has 10 nitrogen and oxygen atoms in total. The van der Waals surface area contributed by atoms with Crippen molar-refractivity contribution in [2.45, 2.75) is 123 Å². The molecular weight excluding hydrogens is 709 g/mol. The molecule has 49 heavy (non-hydrogen) atoms. The number of rotatable bonds is 10. The first-order valence-electron chi connectivity index (χ1n) is 16.9. The number of aromatic nitrogens is 2. The quantitative estimate of drug-likeness (QED) is 0.136. The van der Waals surface area contributed by atoms with E-state index in [2.05, 4.69) is 68.4 Å². The van der Waals surface area contributed by atoms with E-state index in [1.54, 1.807) is 18.2 Å². The Bertz CT molecular complexity index is 1020. The second-order valence-electron chi connectivity index (χ2n) is 13.7. The summed E-state index contributed by atoms with van der Waals surface area (Å²) in [4.78, 5) is 43.4. The zero-order chi connectivity index (χ0) is 38.8. The molecule has 0 unspecified atom stereocenters. The van der Waals surface area contributed by atoms with Crippen LogP contribution in [0.4, 0.5) is 10.6 Å². The van der Waals surface area contributed by atoms with E-state index in [1.165, 1.54) is 6.42 Å². The smallest absolute Gasteiger partial charge is 0.407 e. The molecule has 0 aromatic carbocycles. The van der Waals surface area contributed by atoms with Crippen molar-refractivity contribution < 1.29 is 23.9 Å². The number of ether oxygens (including phenoxy) is 2. The Morgan fingerprint density at radius 3 is 2.08 bits per heavy atom. The van der Waals surface area contributed by atoms with E-state index >= 15 is 0 Å². The zero-order valence-corrected chi connectivity index (χ0v) is 35.6. The number of aldehydes is 1. The van der Waals surface area contributed by atoms with Gasteiger partial charge in [0, 0.05) is 38.4 Å². The number of piperidine rings is 1. The van der Waals surface area contributed by atoms with Crippen LogP contribution < -0.4 is 10.6 Å². The number of hydrogen-bond acceptors (Lipinski definition) is 9. The monoisotopic (exact) mass is 773 g/mol. The number of nitrogens with zero attached hydrogens (tertiary/aromatic N) is 3. The van der Waals surface area contributed by atoms with E-state index in [4.69, 9.17) is 44.3 Å². The molecule has 1 aromatic rings. The van der Waals surface area contributed by atoms with Gasteiger partial charge in [0.15, 0.2) is 6.29 Å². The minimum Gasteiger partial charge on any atom is -0.445 e. The summed E-state index contributed by atoms with van der Waals surface area (Å²) in [7, 11) is 1.71. The van der Waals surface area contributed by atoms with Crippen LogP contribution in [0.2, 0.25) is 0 Å². The van der Waals surface area contributed by atoms with E-state index in [0.29, 0.717) is 30.4 Å². The molecule has 1 aromatic heterocycles. The van der Waals surface area contributed by atoms with Gasteiger partial charge in [0.2, 0.25) is 10.2 Å². The topological polar surface area (TPSA) is 123 Å². The number of methoxy groups -OCH3 is 1. The minimum atomic E-state index is -1.62. The summed E-state index contributed by atoms with van der Waals surface area (Å²) in [5, 5.41) is 5.86. The predicted octanol–water partition coefficient (Wildman–Crippen LogP) is 9.21. The number of likely N-dealkylation sites (tertiary alicyclic amines) is 1. The van der Waals surface area contributed by atoms with Crippen LogP contribution in [-0.2, 0) is 19.7 Å². The highest BCUT2D eigenvalue weighted by atomic mass is 35.6. The standard InChI is InChI=1S/C13H21N3OS.C10H15Cl3N2O3.C5H12O.C5H12.C2H6/c1-13(2,3)12-15-8-10(9-17)11(16-12)14-6-5-7-18-4;1-7-2-8(4-15(3-7)6-16)14-9(17)18-5-10(11,12)13;1-5(2,3)6-4;1-4-5(2)3;1-2/h8-9H,5-7H2,1-4H3,(H,14,15,16);6-8H,2-5H2,1H3,(H,14,17);1-4H3;5H,4H2,1-3H3;1-2H3/t;7-,8+;;;/m.0.../s1. The first-order valence-corrected chi connectivity index (χ1v) is 19.4. The third-order valence-corrected chi connectivity index (χ3v) is 7.41. The molecular formula is C35H66Cl3N5O5S. The van der Waals surface area contributed by atoms with Crippen LogP contribution in [0.25, 0.3) is 0 Å². The number of carbonyl (C=O) groups excluding carboxylic acids is 3. The highest BCUT2D eigenvalue weighted by Crippen LogP contribution is 2.26. The van der Waals surface area contributed by atoms with Gasteiger partial charge in [0.05, 0.1) is 17.2 Å². The van der Waals surface area contributed by atoms with E-state index in [1.807, 2.05) is 53.3 Å². The number of hydrogen-bond donors (Lipinski definition) is 2. The van der Waals surface area contributed by atoms with Crippen molar-refractivity contribution in [2.24, 2.45) is 11.8 Å². The number of nitrogens with one attached hydrogen (secondary N) is 2. The van der Waals surface area contributed by atoms with Crippen molar-refractivity contribution in [1.29, 1.82) is 0 Å². The summed E-state index contributed by atoms with van der Waals surface area (Å²) < 4.78 is 8.08. The molecule has 2 N–H and O–H groups in total. The summed E-state index contributed by atoms with van der Waals surface area (Å²) >= 11 is 18.2. The van der Waals surface area contributed by atoms with Gasteiger partial charge in [-0.25, -0.2) is 14.8 Å². The summed E-state index contributed by atoms with van der Waals surface area (Å²) in [5.41, 5.74) is 0.448. The molecule has 0 bridgehead atoms. The van der Waals surface area contributed by atoms with Gasteiger partial charge >= 0.3 is 6.09 Å². The van der Waals surface area contributed by atoms with Crippen molar-refractivity contribution in [3.8, 4) is 0 Å². The van der Waals surface area contributed by atoms with Crippen LogP contribution in [0.3, 0.4) is 0 Å². The molecule has 1 aliphatic rings. The van der Waals surface area contributed by atoms with E-state index in [9.17, 15) is 14.4 Å². The Labute approximate surface area is 317 Å². The van der Waals surface area contributed by atoms with Crippen LogP contribution >= 0.6 is 46.6 Å². The van der Waals surface area contributed by atoms with E-state index in [0.717, 1.165) is 49.6 Å². The van der Waals surface area contributed by atoms with Crippen molar-refractivity contribution in [3.63, 3.8) is 0 Å². The lowest BCUT2D eigenvalue weighted by Crippen LogP contribution is -2.50. The summed E-state index contributed by atoms with van der Waals surface area (Å²) in [6, 6.07) is -0.137. The minimum absolute atomic E-state index is 0.0417. The van der Waals surface area contributed by atoms with Gasteiger partial charge in [-0.15, -0.1) is 0 Å². The molecule has 0 saturated carbocycles. The first kappa shape index (κ1) is 51.8. The molecule has 0 radical (unpaired) electrons. The molecule has 14 heteroatoms. The fraction of sp³-hybridized carbons (Fsp3) is 0.800. The van der Waals surface area contributed by atoms with Gasteiger partial charge in [-0.2, -0.15) is 11.8 Å². The molecule has 0 spiro atoms. The third kappa shape index (κ3) is 31.0. The Morgan fingerprint density at radius 1 is 1.12 bits per heavy atom. The highest BCUT2D eigenvalue weighted by Gasteiger charge is 2.27. The summed E-state index contributed by atoms with van der Waals surface area (Å²) in [5.74, 6) is 3.70. The lowest BCUT2D eigenvalue weighted by atomic mass is 9.95. The molecule has 2 heterocycles. The molecule has 1 aliphatic heterocycles. The maximum atomic E-state index is 11.4. The molecule has 2 amide bonds. The maximum Gasteiger partial charge on any atom is 0.407 e. The van der Waals surface area contributed by atoms with E-state index < -0.39 is 9.89 Å². The lowest BCUT2D eigenvalue weighted by molar-refractivity contribution is -0.120. The first-order chi connectivity index (χ1) is 22.6. The van der Waals surface area contributed by atoms with Crippen molar-refractivity contribution >= 4 is 71.2 Å². The fourth-order valence-electron chi connectivity index (χ4n) is 3.34. The molecule has 2 atom stereocenters. The van der Waals surface area contributed by atoms with Crippen LogP contribution in [0.15, 0.2) is 6.20 Å². The van der Waals surface area contributed by atoms with Gasteiger partial charge < -0.3 is 25.0 Å². The van der Waals surface area contributed by atoms with Crippen molar-refractivity contribution in [2.75, 3.05) is 50.7 Å². The largest absolute Gasteiger partial charge is 0.445 e. The molecule has 0 aliphatic carbocycles. The van der Waals surface area contributed by atoms with Crippen LogP contribution in [0.1, 0.15) is 119 Å². The SMILES string of the molecule is CC.CCC(C)C.COC(C)(C)C.CSCCCNc1nc(C(C)(C)C)ncc1C=O.C[C@H]1C[C@@H](NC(=O)OCC(Cl)(Cl)Cl)CN(C=O)C1. The van der Waals surface area contributed by atoms with E-state index in [-0.39, 0.29) is 23.7 Å². The highest BCUT2D eigenvalue weighted by molar-refractivity contribution is 7.98. The number of halogens is 3. The maximum absolute atomic E-state index is 11.4. The Morgan fingerprint density at radius 2 is 1.67 bits per heavy atom. The average Bonchev–Trinajstić information content (AvgIpc) is 3.02. The number of alkyl carbamates (subject to hydrolysis) is 1. The molecule has 2 rings (SSSR count). The summed E-state index contributed by atoms with van der Waals surface area (Å²) in [6.07, 6.45) is 7.74. The number of amides is 2. The van der Waals surface area contributed by atoms with Crippen LogP contribution in [0.5, 0.6) is 0 Å². The molecule has 1 saturated heterocycles. The number of carbonyl (C=O) groups is 3. The lowest BCUT2D eigenvalue weighted by Gasteiger charge is -2.34. The van der Waals surface area contributed by atoms with Gasteiger partial charge in [0.1, 0.15) is 18.2 Å². The van der Waals surface area contributed by atoms with Gasteiger partial charge in [-0.1, -0.05) is 104 Å². The zero-order valence-electron chi connectivity index (χ0n) is 32.5. The number of thioether (sulfide) groups is 1. The molecule has 288 valence electrons. The predicted molar refractivity (Wildman–Crippen MR) is 211 cm³/mol. The summed E-state index contributed by atoms with van der Waals surface area (Å²) in [6.45, 7) is 26.6. The van der Waals surface area contributed by atoms with Crippen molar-refractivity contribution in [3.05, 3.63) is 17.6 Å². The normalized spacial score (nSPS) is 15.8. The average molecular weight is 775 g/mol. The number of anilines is 1. The van der Waals surface area contributed by atoms with Gasteiger partial charge in [-0.3, -0.25) is 9.59 Å². The Hall–Kier alpha value is -1.53. The second kappa shape index (κ2) is 28.1. The second-order valence-corrected chi connectivity index (χ2v) is 17.2. The fourth-order valence-corrected chi connectivity index (χ4v) is 3.94. The molecule has 1 fully saturated rings. The number of alkyl halides is 3. The Balaban J connectivity index is -0.000000639. The van der Waals surface area contributed by atoms with Gasteiger partial charge in [0.25, 0.3) is 0 Å². The van der Waals surface area contributed by atoms with Crippen molar-refractivity contribution in [1.82, 2.24) is 20.2 Å².